The van der Waals surface area contributed by atoms with Gasteiger partial charge in [-0.2, -0.15) is 0 Å². The van der Waals surface area contributed by atoms with Crippen LogP contribution in [0.25, 0.3) is 0 Å². The molecule has 94 valence electrons. The van der Waals surface area contributed by atoms with E-state index in [1.807, 2.05) is 19.1 Å². The van der Waals surface area contributed by atoms with Gasteiger partial charge >= 0.3 is 0 Å². The average molecular weight is 281 g/mol. The topological polar surface area (TPSA) is 56.0 Å². The van der Waals surface area contributed by atoms with E-state index >= 15 is 0 Å². The highest BCUT2D eigenvalue weighted by molar-refractivity contribution is 7.84. The van der Waals surface area contributed by atoms with Gasteiger partial charge in [-0.3, -0.25) is 9.19 Å². The Bertz CT molecular complexity index is 581. The van der Waals surface area contributed by atoms with Crippen LogP contribution >= 0.6 is 11.6 Å². The Morgan fingerprint density at radius 3 is 2.78 bits per heavy atom. The van der Waals surface area contributed by atoms with Crippen molar-refractivity contribution in [3.8, 4) is 0 Å². The Morgan fingerprint density at radius 1 is 1.33 bits per heavy atom. The SMILES string of the molecule is Cc1cccnc1CS(=O)c1c(N)cccc1Cl. The van der Waals surface area contributed by atoms with Crippen LogP contribution < -0.4 is 5.73 Å². The molecule has 2 N–H and O–H groups in total. The number of nitrogen functional groups attached to an aromatic ring is 1. The molecule has 0 aliphatic carbocycles. The smallest absolute Gasteiger partial charge is 0.0807 e. The average Bonchev–Trinajstić information content (AvgIpc) is 2.32. The third-order valence-corrected chi connectivity index (χ3v) is 4.48. The molecule has 1 aromatic heterocycles. The van der Waals surface area contributed by atoms with Crippen molar-refractivity contribution in [3.05, 3.63) is 52.8 Å². The minimum Gasteiger partial charge on any atom is -0.398 e. The summed E-state index contributed by atoms with van der Waals surface area (Å²) in [4.78, 5) is 4.72. The lowest BCUT2D eigenvalue weighted by Gasteiger charge is -2.08. The van der Waals surface area contributed by atoms with Crippen LogP contribution in [0.1, 0.15) is 11.3 Å². The molecule has 5 heteroatoms. The van der Waals surface area contributed by atoms with Crippen molar-refractivity contribution in [3.63, 3.8) is 0 Å². The van der Waals surface area contributed by atoms with Crippen LogP contribution in [0.3, 0.4) is 0 Å². The van der Waals surface area contributed by atoms with Crippen molar-refractivity contribution in [2.24, 2.45) is 0 Å². The number of rotatable bonds is 3. The number of hydrogen-bond acceptors (Lipinski definition) is 3. The third-order valence-electron chi connectivity index (χ3n) is 2.61. The first-order valence-corrected chi connectivity index (χ1v) is 7.12. The van der Waals surface area contributed by atoms with Gasteiger partial charge in [0, 0.05) is 11.9 Å². The molecule has 3 nitrogen and oxygen atoms in total. The van der Waals surface area contributed by atoms with E-state index in [0.29, 0.717) is 21.4 Å². The van der Waals surface area contributed by atoms with Crippen molar-refractivity contribution in [2.75, 3.05) is 5.73 Å². The van der Waals surface area contributed by atoms with Crippen LogP contribution in [0, 0.1) is 6.92 Å². The number of aromatic nitrogens is 1. The molecule has 0 aliphatic heterocycles. The lowest BCUT2D eigenvalue weighted by atomic mass is 10.2. The maximum absolute atomic E-state index is 12.3. The minimum absolute atomic E-state index is 0.320. The number of nitrogens with zero attached hydrogens (tertiary/aromatic N) is 1. The van der Waals surface area contributed by atoms with Gasteiger partial charge in [-0.15, -0.1) is 0 Å². The summed E-state index contributed by atoms with van der Waals surface area (Å²) in [7, 11) is -1.29. The van der Waals surface area contributed by atoms with E-state index < -0.39 is 10.8 Å². The summed E-state index contributed by atoms with van der Waals surface area (Å²) in [5.41, 5.74) is 8.08. The summed E-state index contributed by atoms with van der Waals surface area (Å²) in [5, 5.41) is 0.432. The highest BCUT2D eigenvalue weighted by Gasteiger charge is 2.14. The molecule has 1 atom stereocenters. The van der Waals surface area contributed by atoms with E-state index in [1.54, 1.807) is 24.4 Å². The van der Waals surface area contributed by atoms with Crippen LogP contribution in [0.2, 0.25) is 5.02 Å². The Labute approximate surface area is 113 Å². The second kappa shape index (κ2) is 5.50. The van der Waals surface area contributed by atoms with E-state index in [4.69, 9.17) is 17.3 Å². The van der Waals surface area contributed by atoms with E-state index in [0.717, 1.165) is 11.3 Å². The van der Waals surface area contributed by atoms with Gasteiger partial charge in [0.15, 0.2) is 0 Å². The number of anilines is 1. The van der Waals surface area contributed by atoms with Crippen LogP contribution in [0.15, 0.2) is 41.4 Å². The summed E-state index contributed by atoms with van der Waals surface area (Å²) in [6.45, 7) is 1.94. The van der Waals surface area contributed by atoms with Gasteiger partial charge in [-0.25, -0.2) is 0 Å². The Kier molecular flexibility index (Phi) is 3.99. The molecular weight excluding hydrogens is 268 g/mol. The predicted molar refractivity (Wildman–Crippen MR) is 75.0 cm³/mol. The normalized spacial score (nSPS) is 12.3. The van der Waals surface area contributed by atoms with Crippen molar-refractivity contribution in [1.29, 1.82) is 0 Å². The first-order chi connectivity index (χ1) is 8.59. The van der Waals surface area contributed by atoms with E-state index in [1.165, 1.54) is 0 Å². The molecule has 0 spiro atoms. The van der Waals surface area contributed by atoms with Gasteiger partial charge in [-0.05, 0) is 30.7 Å². The van der Waals surface area contributed by atoms with Gasteiger partial charge in [0.1, 0.15) is 0 Å². The zero-order valence-electron chi connectivity index (χ0n) is 9.89. The second-order valence-electron chi connectivity index (χ2n) is 3.92. The lowest BCUT2D eigenvalue weighted by Crippen LogP contribution is -2.04. The molecule has 1 unspecified atom stereocenters. The number of aryl methyl sites for hydroxylation is 1. The lowest BCUT2D eigenvalue weighted by molar-refractivity contribution is 0.682. The molecule has 1 aromatic carbocycles. The molecular formula is C13H13ClN2OS. The van der Waals surface area contributed by atoms with E-state index in [-0.39, 0.29) is 0 Å². The van der Waals surface area contributed by atoms with E-state index in [9.17, 15) is 4.21 Å². The molecule has 0 bridgehead atoms. The minimum atomic E-state index is -1.29. The number of halogens is 1. The van der Waals surface area contributed by atoms with Gasteiger partial charge < -0.3 is 5.73 Å². The Balaban J connectivity index is 2.31. The fourth-order valence-electron chi connectivity index (χ4n) is 1.63. The van der Waals surface area contributed by atoms with Crippen molar-refractivity contribution in [1.82, 2.24) is 4.98 Å². The maximum atomic E-state index is 12.3. The van der Waals surface area contributed by atoms with Gasteiger partial charge in [0.05, 0.1) is 32.2 Å². The van der Waals surface area contributed by atoms with Crippen LogP contribution in [0.5, 0.6) is 0 Å². The molecule has 0 fully saturated rings. The molecule has 0 saturated heterocycles. The highest BCUT2D eigenvalue weighted by atomic mass is 35.5. The number of nitrogens with two attached hydrogens (primary N) is 1. The van der Waals surface area contributed by atoms with Gasteiger partial charge in [-0.1, -0.05) is 23.7 Å². The first kappa shape index (κ1) is 13.1. The van der Waals surface area contributed by atoms with Crippen LogP contribution in [0.4, 0.5) is 5.69 Å². The molecule has 0 amide bonds. The Morgan fingerprint density at radius 2 is 2.11 bits per heavy atom. The summed E-state index contributed by atoms with van der Waals surface area (Å²) in [6.07, 6.45) is 1.69. The highest BCUT2D eigenvalue weighted by Crippen LogP contribution is 2.27. The quantitative estimate of drug-likeness (QED) is 0.880. The van der Waals surface area contributed by atoms with Gasteiger partial charge in [0.2, 0.25) is 0 Å². The fourth-order valence-corrected chi connectivity index (χ4v) is 3.38. The zero-order chi connectivity index (χ0) is 13.1. The van der Waals surface area contributed by atoms with Crippen LogP contribution in [-0.4, -0.2) is 9.19 Å². The third kappa shape index (κ3) is 2.71. The number of hydrogen-bond donors (Lipinski definition) is 1. The van der Waals surface area contributed by atoms with Crippen LogP contribution in [-0.2, 0) is 16.6 Å². The number of benzene rings is 1. The standard InChI is InChI=1S/C13H13ClN2OS/c1-9-4-3-7-16-12(9)8-18(17)13-10(14)5-2-6-11(13)15/h2-7H,8,15H2,1H3. The van der Waals surface area contributed by atoms with Gasteiger partial charge in [0.25, 0.3) is 0 Å². The molecule has 0 aliphatic rings. The van der Waals surface area contributed by atoms with Crippen molar-refractivity contribution in [2.45, 2.75) is 17.6 Å². The molecule has 0 radical (unpaired) electrons. The summed E-state index contributed by atoms with van der Waals surface area (Å²) in [6, 6.07) is 8.92. The molecule has 2 aromatic rings. The van der Waals surface area contributed by atoms with Crippen molar-refractivity contribution < 1.29 is 4.21 Å². The largest absolute Gasteiger partial charge is 0.398 e. The second-order valence-corrected chi connectivity index (χ2v) is 5.71. The molecule has 2 rings (SSSR count). The maximum Gasteiger partial charge on any atom is 0.0807 e. The fraction of sp³-hybridized carbons (Fsp3) is 0.154. The monoisotopic (exact) mass is 280 g/mol. The molecule has 18 heavy (non-hydrogen) atoms. The first-order valence-electron chi connectivity index (χ1n) is 5.42. The van der Waals surface area contributed by atoms with Crippen molar-refractivity contribution >= 4 is 28.1 Å². The summed E-state index contributed by atoms with van der Waals surface area (Å²) >= 11 is 6.04. The Hall–Kier alpha value is -1.39. The molecule has 0 saturated carbocycles. The number of pyridine rings is 1. The molecule has 1 heterocycles. The van der Waals surface area contributed by atoms with E-state index in [2.05, 4.69) is 4.98 Å². The zero-order valence-corrected chi connectivity index (χ0v) is 11.5. The summed E-state index contributed by atoms with van der Waals surface area (Å²) in [5.74, 6) is 0.320. The summed E-state index contributed by atoms with van der Waals surface area (Å²) < 4.78 is 12.3. The predicted octanol–water partition coefficient (Wildman–Crippen LogP) is 2.93.